The Kier molecular flexibility index (Phi) is 6.79. The van der Waals surface area contributed by atoms with E-state index in [1.165, 1.54) is 9.91 Å². The number of hydrogen-bond donors (Lipinski definition) is 1. The van der Waals surface area contributed by atoms with Gasteiger partial charge in [-0.3, -0.25) is 14.4 Å². The summed E-state index contributed by atoms with van der Waals surface area (Å²) in [6.07, 6.45) is 0.537. The first-order valence-electron chi connectivity index (χ1n) is 9.58. The van der Waals surface area contributed by atoms with E-state index in [9.17, 15) is 14.4 Å². The van der Waals surface area contributed by atoms with Crippen LogP contribution in [0.4, 0.5) is 5.69 Å². The summed E-state index contributed by atoms with van der Waals surface area (Å²) in [6.45, 7) is 0.273. The summed E-state index contributed by atoms with van der Waals surface area (Å²) in [6, 6.07) is 16.2. The first kappa shape index (κ1) is 21.0. The number of nitrogens with one attached hydrogen (secondary N) is 1. The molecule has 0 spiro atoms. The topological polar surface area (TPSA) is 91.3 Å². The van der Waals surface area contributed by atoms with E-state index in [-0.39, 0.29) is 30.7 Å². The summed E-state index contributed by atoms with van der Waals surface area (Å²) in [5.74, 6) is -0.0728. The Morgan fingerprint density at radius 2 is 1.77 bits per heavy atom. The van der Waals surface area contributed by atoms with E-state index in [4.69, 9.17) is 4.74 Å². The Morgan fingerprint density at radius 1 is 1.07 bits per heavy atom. The van der Waals surface area contributed by atoms with Gasteiger partial charge in [0.2, 0.25) is 5.91 Å². The minimum Gasteiger partial charge on any atom is -0.484 e. The van der Waals surface area contributed by atoms with E-state index < -0.39 is 0 Å². The predicted molar refractivity (Wildman–Crippen MR) is 113 cm³/mol. The molecule has 156 valence electrons. The van der Waals surface area contributed by atoms with Crippen LogP contribution in [0.1, 0.15) is 18.4 Å². The number of nitrogens with zero attached hydrogens (tertiary/aromatic N) is 3. The van der Waals surface area contributed by atoms with Crippen LogP contribution in [0.15, 0.2) is 59.7 Å². The molecule has 30 heavy (non-hydrogen) atoms. The molecule has 0 radical (unpaired) electrons. The minimum atomic E-state index is -0.350. The van der Waals surface area contributed by atoms with Gasteiger partial charge in [-0.15, -0.1) is 0 Å². The second-order valence-electron chi connectivity index (χ2n) is 7.04. The molecule has 0 saturated carbocycles. The van der Waals surface area contributed by atoms with Crippen LogP contribution in [-0.4, -0.2) is 54.0 Å². The average molecular weight is 408 g/mol. The van der Waals surface area contributed by atoms with E-state index in [1.54, 1.807) is 38.4 Å². The Bertz CT molecular complexity index is 939. The maximum Gasteiger partial charge on any atom is 0.271 e. The smallest absolute Gasteiger partial charge is 0.271 e. The Balaban J connectivity index is 1.60. The van der Waals surface area contributed by atoms with Crippen LogP contribution < -0.4 is 10.1 Å². The predicted octanol–water partition coefficient (Wildman–Crippen LogP) is 2.27. The van der Waals surface area contributed by atoms with E-state index in [1.807, 2.05) is 30.3 Å². The van der Waals surface area contributed by atoms with Gasteiger partial charge in [-0.1, -0.05) is 30.3 Å². The molecule has 8 heteroatoms. The second-order valence-corrected chi connectivity index (χ2v) is 7.04. The van der Waals surface area contributed by atoms with Gasteiger partial charge in [0.25, 0.3) is 11.8 Å². The molecular formula is C22H24N4O4. The van der Waals surface area contributed by atoms with Crippen LogP contribution in [0.25, 0.3) is 0 Å². The highest BCUT2D eigenvalue weighted by Gasteiger charge is 2.24. The first-order valence-corrected chi connectivity index (χ1v) is 9.58. The van der Waals surface area contributed by atoms with Crippen molar-refractivity contribution in [1.29, 1.82) is 0 Å². The van der Waals surface area contributed by atoms with Gasteiger partial charge in [-0.25, -0.2) is 5.01 Å². The quantitative estimate of drug-likeness (QED) is 0.761. The van der Waals surface area contributed by atoms with Crippen molar-refractivity contribution >= 4 is 29.1 Å². The van der Waals surface area contributed by atoms with Crippen molar-refractivity contribution in [2.75, 3.05) is 26.0 Å². The lowest BCUT2D eigenvalue weighted by atomic mass is 10.1. The van der Waals surface area contributed by atoms with E-state index >= 15 is 0 Å². The number of likely N-dealkylation sites (N-methyl/N-ethyl adjacent to an activating group) is 1. The van der Waals surface area contributed by atoms with Gasteiger partial charge in [0, 0.05) is 32.6 Å². The van der Waals surface area contributed by atoms with Crippen LogP contribution in [0, 0.1) is 0 Å². The minimum absolute atomic E-state index is 0.0548. The summed E-state index contributed by atoms with van der Waals surface area (Å²) < 4.78 is 5.42. The van der Waals surface area contributed by atoms with Gasteiger partial charge in [-0.2, -0.15) is 5.10 Å². The number of carbonyl (C=O) groups is 3. The maximum atomic E-state index is 12.6. The van der Waals surface area contributed by atoms with Crippen molar-refractivity contribution in [3.05, 3.63) is 60.2 Å². The Hall–Kier alpha value is -3.68. The molecule has 1 N–H and O–H groups in total. The zero-order valence-corrected chi connectivity index (χ0v) is 17.0. The molecule has 1 aliphatic rings. The van der Waals surface area contributed by atoms with Crippen molar-refractivity contribution in [3.8, 4) is 5.75 Å². The van der Waals surface area contributed by atoms with Crippen LogP contribution in [0.5, 0.6) is 5.75 Å². The summed E-state index contributed by atoms with van der Waals surface area (Å²) in [5.41, 5.74) is 1.82. The zero-order chi connectivity index (χ0) is 21.5. The van der Waals surface area contributed by atoms with Gasteiger partial charge in [0.1, 0.15) is 11.5 Å². The first-order chi connectivity index (χ1) is 14.4. The van der Waals surface area contributed by atoms with E-state index in [0.29, 0.717) is 30.1 Å². The number of anilines is 1. The van der Waals surface area contributed by atoms with E-state index in [2.05, 4.69) is 10.4 Å². The highest BCUT2D eigenvalue weighted by molar-refractivity contribution is 6.43. The largest absolute Gasteiger partial charge is 0.484 e. The maximum absolute atomic E-state index is 12.6. The number of hydrogen-bond acceptors (Lipinski definition) is 5. The summed E-state index contributed by atoms with van der Waals surface area (Å²) in [4.78, 5) is 37.8. The molecule has 0 fully saturated rings. The summed E-state index contributed by atoms with van der Waals surface area (Å²) >= 11 is 0. The molecule has 8 nitrogen and oxygen atoms in total. The Labute approximate surface area is 175 Å². The lowest BCUT2D eigenvalue weighted by Gasteiger charge is -2.23. The molecule has 0 bridgehead atoms. The van der Waals surface area contributed by atoms with Crippen LogP contribution in [-0.2, 0) is 20.9 Å². The monoisotopic (exact) mass is 408 g/mol. The SMILES string of the molecule is CN(C)C(=O)COc1ccc(NC(=O)C2=NN(Cc3ccccc3)C(=O)CC2)cc1. The van der Waals surface area contributed by atoms with Crippen LogP contribution >= 0.6 is 0 Å². The third-order valence-electron chi connectivity index (χ3n) is 4.52. The lowest BCUT2D eigenvalue weighted by molar-refractivity contribution is -0.132. The lowest BCUT2D eigenvalue weighted by Crippen LogP contribution is -2.36. The van der Waals surface area contributed by atoms with Crippen molar-refractivity contribution in [3.63, 3.8) is 0 Å². The van der Waals surface area contributed by atoms with Crippen molar-refractivity contribution in [1.82, 2.24) is 9.91 Å². The molecule has 0 aromatic heterocycles. The normalized spacial score (nSPS) is 13.5. The van der Waals surface area contributed by atoms with Crippen molar-refractivity contribution in [2.24, 2.45) is 5.10 Å². The number of carbonyl (C=O) groups excluding carboxylic acids is 3. The van der Waals surface area contributed by atoms with Gasteiger partial charge in [0.15, 0.2) is 6.61 Å². The zero-order valence-electron chi connectivity index (χ0n) is 17.0. The fourth-order valence-electron chi connectivity index (χ4n) is 2.76. The van der Waals surface area contributed by atoms with Crippen LogP contribution in [0.3, 0.4) is 0 Å². The highest BCUT2D eigenvalue weighted by Crippen LogP contribution is 2.18. The van der Waals surface area contributed by atoms with Gasteiger partial charge in [-0.05, 0) is 29.8 Å². The number of hydrazone groups is 1. The standard InChI is InChI=1S/C22H24N4O4/c1-25(2)21(28)15-30-18-10-8-17(9-11-18)23-22(29)19-12-13-20(27)26(24-19)14-16-6-4-3-5-7-16/h3-11H,12-15H2,1-2H3,(H,23,29). The molecule has 0 aliphatic carbocycles. The average Bonchev–Trinajstić information content (AvgIpc) is 2.75. The molecule has 2 aromatic carbocycles. The molecule has 1 heterocycles. The molecule has 0 unspecified atom stereocenters. The molecule has 2 aromatic rings. The molecule has 3 amide bonds. The van der Waals surface area contributed by atoms with Gasteiger partial charge < -0.3 is 15.0 Å². The third-order valence-corrected chi connectivity index (χ3v) is 4.52. The summed E-state index contributed by atoms with van der Waals surface area (Å²) in [7, 11) is 3.32. The number of amides is 3. The van der Waals surface area contributed by atoms with Gasteiger partial charge >= 0.3 is 0 Å². The van der Waals surface area contributed by atoms with Gasteiger partial charge in [0.05, 0.1) is 6.54 Å². The third kappa shape index (κ3) is 5.66. The van der Waals surface area contributed by atoms with Crippen LogP contribution in [0.2, 0.25) is 0 Å². The molecular weight excluding hydrogens is 384 g/mol. The van der Waals surface area contributed by atoms with Crippen molar-refractivity contribution in [2.45, 2.75) is 19.4 Å². The summed E-state index contributed by atoms with van der Waals surface area (Å²) in [5, 5.41) is 8.38. The number of ether oxygens (including phenoxy) is 1. The molecule has 0 atom stereocenters. The fourth-order valence-corrected chi connectivity index (χ4v) is 2.76. The Morgan fingerprint density at radius 3 is 2.43 bits per heavy atom. The fraction of sp³-hybridized carbons (Fsp3) is 0.273. The molecule has 1 aliphatic heterocycles. The number of benzene rings is 2. The van der Waals surface area contributed by atoms with E-state index in [0.717, 1.165) is 5.56 Å². The molecule has 3 rings (SSSR count). The second kappa shape index (κ2) is 9.69. The highest BCUT2D eigenvalue weighted by atomic mass is 16.5. The van der Waals surface area contributed by atoms with Crippen molar-refractivity contribution < 1.29 is 19.1 Å². The number of rotatable bonds is 7. The molecule has 0 saturated heterocycles.